The fourth-order valence-electron chi connectivity index (χ4n) is 0.959. The minimum Gasteiger partial charge on any atom is -0.446 e. The van der Waals surface area contributed by atoms with Gasteiger partial charge in [-0.3, -0.25) is 0 Å². The zero-order valence-electron chi connectivity index (χ0n) is 7.60. The monoisotopic (exact) mass is 214 g/mol. The van der Waals surface area contributed by atoms with Crippen molar-refractivity contribution in [3.05, 3.63) is 35.4 Å². The van der Waals surface area contributed by atoms with Crippen LogP contribution in [0.5, 0.6) is 0 Å². The summed E-state index contributed by atoms with van der Waals surface area (Å²) in [6.07, 6.45) is 0. The maximum atomic E-state index is 11.2. The summed E-state index contributed by atoms with van der Waals surface area (Å²) >= 11 is -2.11. The molecular formula is C9H10O4S. The van der Waals surface area contributed by atoms with Crippen LogP contribution in [0.1, 0.15) is 15.9 Å². The Morgan fingerprint density at radius 2 is 2.29 bits per heavy atom. The van der Waals surface area contributed by atoms with Gasteiger partial charge >= 0.3 is 5.97 Å². The van der Waals surface area contributed by atoms with Gasteiger partial charge in [0.25, 0.3) is 0 Å². The number of ether oxygens (including phenoxy) is 1. The smallest absolute Gasteiger partial charge is 0.339 e. The van der Waals surface area contributed by atoms with Crippen LogP contribution in [0.2, 0.25) is 0 Å². The van der Waals surface area contributed by atoms with Gasteiger partial charge in [0.1, 0.15) is 0 Å². The number of hydrogen-bond donors (Lipinski definition) is 1. The molecule has 0 heterocycles. The molecule has 4 nitrogen and oxygen atoms in total. The summed E-state index contributed by atoms with van der Waals surface area (Å²) in [5.41, 5.74) is 1.32. The van der Waals surface area contributed by atoms with Crippen molar-refractivity contribution in [1.29, 1.82) is 0 Å². The number of benzene rings is 1. The molecule has 76 valence electrons. The van der Waals surface area contributed by atoms with E-state index in [1.807, 2.05) is 13.0 Å². The SMILES string of the molecule is Cc1cccc(C(=O)OCS(=O)O)c1. The van der Waals surface area contributed by atoms with E-state index < -0.39 is 23.0 Å². The molecule has 0 radical (unpaired) electrons. The summed E-state index contributed by atoms with van der Waals surface area (Å²) in [5.74, 6) is -1.08. The summed E-state index contributed by atoms with van der Waals surface area (Å²) in [4.78, 5) is 11.2. The van der Waals surface area contributed by atoms with Gasteiger partial charge in [0.15, 0.2) is 17.0 Å². The highest BCUT2D eigenvalue weighted by Crippen LogP contribution is 2.05. The molecule has 1 aromatic carbocycles. The molecule has 1 rings (SSSR count). The maximum absolute atomic E-state index is 11.2. The molecule has 1 aromatic rings. The van der Waals surface area contributed by atoms with Gasteiger partial charge in [-0.2, -0.15) is 0 Å². The zero-order chi connectivity index (χ0) is 10.6. The molecule has 1 unspecified atom stereocenters. The maximum Gasteiger partial charge on any atom is 0.339 e. The van der Waals surface area contributed by atoms with E-state index in [9.17, 15) is 9.00 Å². The molecule has 5 heteroatoms. The molecule has 14 heavy (non-hydrogen) atoms. The number of esters is 1. The van der Waals surface area contributed by atoms with Crippen LogP contribution in [0.3, 0.4) is 0 Å². The van der Waals surface area contributed by atoms with Gasteiger partial charge in [-0.15, -0.1) is 0 Å². The quantitative estimate of drug-likeness (QED) is 0.609. The highest BCUT2D eigenvalue weighted by molar-refractivity contribution is 7.79. The third kappa shape index (κ3) is 3.27. The minimum atomic E-state index is -2.11. The van der Waals surface area contributed by atoms with Crippen molar-refractivity contribution >= 4 is 17.0 Å². The van der Waals surface area contributed by atoms with Crippen LogP contribution in [-0.2, 0) is 15.8 Å². The second-order valence-electron chi connectivity index (χ2n) is 2.74. The predicted molar refractivity (Wildman–Crippen MR) is 52.2 cm³/mol. The van der Waals surface area contributed by atoms with E-state index in [1.54, 1.807) is 18.2 Å². The Balaban J connectivity index is 2.65. The summed E-state index contributed by atoms with van der Waals surface area (Å²) in [6.45, 7) is 1.85. The molecule has 0 aliphatic rings. The molecule has 1 N–H and O–H groups in total. The van der Waals surface area contributed by atoms with E-state index in [1.165, 1.54) is 0 Å². The van der Waals surface area contributed by atoms with Gasteiger partial charge in [0.05, 0.1) is 5.56 Å². The summed E-state index contributed by atoms with van der Waals surface area (Å²) in [5, 5.41) is 0. The molecule has 0 saturated carbocycles. The van der Waals surface area contributed by atoms with Crippen LogP contribution in [0.15, 0.2) is 24.3 Å². The fraction of sp³-hybridized carbons (Fsp3) is 0.222. The third-order valence-electron chi connectivity index (χ3n) is 1.54. The van der Waals surface area contributed by atoms with Crippen LogP contribution < -0.4 is 0 Å². The molecule has 0 spiro atoms. The van der Waals surface area contributed by atoms with Crippen LogP contribution in [0.4, 0.5) is 0 Å². The first kappa shape index (κ1) is 10.9. The van der Waals surface area contributed by atoms with Crippen molar-refractivity contribution in [3.63, 3.8) is 0 Å². The molecule has 0 amide bonds. The van der Waals surface area contributed by atoms with E-state index in [-0.39, 0.29) is 0 Å². The van der Waals surface area contributed by atoms with E-state index in [4.69, 9.17) is 4.55 Å². The minimum absolute atomic E-state index is 0.385. The molecular weight excluding hydrogens is 204 g/mol. The van der Waals surface area contributed by atoms with Crippen LogP contribution in [0, 0.1) is 6.92 Å². The first-order valence-electron chi connectivity index (χ1n) is 3.91. The van der Waals surface area contributed by atoms with Gasteiger partial charge < -0.3 is 9.29 Å². The van der Waals surface area contributed by atoms with Gasteiger partial charge in [0.2, 0.25) is 0 Å². The molecule has 0 bridgehead atoms. The molecule has 1 atom stereocenters. The number of carbonyl (C=O) groups is 1. The molecule has 0 aliphatic carbocycles. The summed E-state index contributed by atoms with van der Waals surface area (Å²) in [6, 6.07) is 6.82. The Kier molecular flexibility index (Phi) is 3.79. The van der Waals surface area contributed by atoms with Crippen molar-refractivity contribution in [3.8, 4) is 0 Å². The Labute approximate surface area is 84.2 Å². The second-order valence-corrected chi connectivity index (χ2v) is 3.62. The lowest BCUT2D eigenvalue weighted by Crippen LogP contribution is -2.09. The summed E-state index contributed by atoms with van der Waals surface area (Å²) < 4.78 is 23.2. The number of hydrogen-bond acceptors (Lipinski definition) is 3. The lowest BCUT2D eigenvalue weighted by molar-refractivity contribution is 0.0570. The van der Waals surface area contributed by atoms with Gasteiger partial charge in [-0.25, -0.2) is 9.00 Å². The predicted octanol–water partition coefficient (Wildman–Crippen LogP) is 1.33. The first-order chi connectivity index (χ1) is 6.59. The van der Waals surface area contributed by atoms with Gasteiger partial charge in [-0.05, 0) is 19.1 Å². The standard InChI is InChI=1S/C9H10O4S/c1-7-3-2-4-8(5-7)9(10)13-6-14(11)12/h2-5H,6H2,1H3,(H,11,12). The largest absolute Gasteiger partial charge is 0.446 e. The Morgan fingerprint density at radius 3 is 2.86 bits per heavy atom. The Morgan fingerprint density at radius 1 is 1.57 bits per heavy atom. The van der Waals surface area contributed by atoms with Gasteiger partial charge in [0, 0.05) is 0 Å². The van der Waals surface area contributed by atoms with Crippen LogP contribution in [0.25, 0.3) is 0 Å². The van der Waals surface area contributed by atoms with Crippen LogP contribution in [-0.4, -0.2) is 20.7 Å². The first-order valence-corrected chi connectivity index (χ1v) is 5.18. The van der Waals surface area contributed by atoms with Crippen LogP contribution >= 0.6 is 0 Å². The normalized spacial score (nSPS) is 12.1. The van der Waals surface area contributed by atoms with E-state index in [0.29, 0.717) is 5.56 Å². The number of carbonyl (C=O) groups excluding carboxylic acids is 1. The van der Waals surface area contributed by atoms with E-state index in [0.717, 1.165) is 5.56 Å². The highest BCUT2D eigenvalue weighted by atomic mass is 32.2. The lowest BCUT2D eigenvalue weighted by atomic mass is 10.1. The van der Waals surface area contributed by atoms with Crippen molar-refractivity contribution in [2.24, 2.45) is 0 Å². The summed E-state index contributed by atoms with van der Waals surface area (Å²) in [7, 11) is 0. The Hall–Kier alpha value is -1.20. The van der Waals surface area contributed by atoms with E-state index in [2.05, 4.69) is 4.74 Å². The zero-order valence-corrected chi connectivity index (χ0v) is 8.41. The van der Waals surface area contributed by atoms with Crippen molar-refractivity contribution in [2.75, 3.05) is 5.94 Å². The highest BCUT2D eigenvalue weighted by Gasteiger charge is 2.07. The average Bonchev–Trinajstić information content (AvgIpc) is 2.14. The van der Waals surface area contributed by atoms with Crippen molar-refractivity contribution < 1.29 is 18.3 Å². The van der Waals surface area contributed by atoms with Gasteiger partial charge in [-0.1, -0.05) is 17.7 Å². The van der Waals surface area contributed by atoms with E-state index >= 15 is 0 Å². The molecule has 0 fully saturated rings. The average molecular weight is 214 g/mol. The number of rotatable bonds is 3. The molecule has 0 aliphatic heterocycles. The Bertz CT molecular complexity index is 362. The fourth-order valence-corrected chi connectivity index (χ4v) is 1.17. The van der Waals surface area contributed by atoms with Crippen molar-refractivity contribution in [2.45, 2.75) is 6.92 Å². The molecule has 0 saturated heterocycles. The molecule has 0 aromatic heterocycles. The topological polar surface area (TPSA) is 63.6 Å². The lowest BCUT2D eigenvalue weighted by Gasteiger charge is -2.02. The second kappa shape index (κ2) is 4.88. The number of aryl methyl sites for hydroxylation is 1. The van der Waals surface area contributed by atoms with Crippen molar-refractivity contribution in [1.82, 2.24) is 0 Å². The third-order valence-corrected chi connectivity index (χ3v) is 1.86.